The first-order valence-corrected chi connectivity index (χ1v) is 6.47. The van der Waals surface area contributed by atoms with Gasteiger partial charge in [0.1, 0.15) is 0 Å². The van der Waals surface area contributed by atoms with Crippen LogP contribution >= 0.6 is 15.9 Å². The Morgan fingerprint density at radius 2 is 2.00 bits per heavy atom. The van der Waals surface area contributed by atoms with Gasteiger partial charge in [-0.15, -0.1) is 0 Å². The Balaban J connectivity index is 3.05. The van der Waals surface area contributed by atoms with E-state index in [4.69, 9.17) is 5.73 Å². The fourth-order valence-corrected chi connectivity index (χ4v) is 2.27. The molecule has 1 aromatic carbocycles. The second-order valence-corrected chi connectivity index (χ2v) is 5.33. The number of amides is 2. The van der Waals surface area contributed by atoms with Gasteiger partial charge in [-0.05, 0) is 54.4 Å². The Morgan fingerprint density at radius 3 is 2.44 bits per heavy atom. The highest BCUT2D eigenvalue weighted by molar-refractivity contribution is 9.10. The largest absolute Gasteiger partial charge is 0.368 e. The van der Waals surface area contributed by atoms with Gasteiger partial charge >= 0.3 is 0 Å². The molecule has 0 bridgehead atoms. The lowest BCUT2D eigenvalue weighted by molar-refractivity contribution is -0.119. The van der Waals surface area contributed by atoms with E-state index in [0.717, 1.165) is 10.0 Å². The third-order valence-electron chi connectivity index (χ3n) is 2.57. The van der Waals surface area contributed by atoms with Crippen molar-refractivity contribution in [2.24, 2.45) is 5.73 Å². The summed E-state index contributed by atoms with van der Waals surface area (Å²) in [4.78, 5) is 24.8. The Bertz CT molecular complexity index is 472. The number of nitrogens with two attached hydrogens (primary N) is 1. The normalized spacial score (nSPS) is 10.5. The lowest BCUT2D eigenvalue weighted by Crippen LogP contribution is -2.42. The molecule has 5 heteroatoms. The quantitative estimate of drug-likeness (QED) is 0.925. The number of carbonyl (C=O) groups is 2. The van der Waals surface area contributed by atoms with Crippen LogP contribution in [0, 0.1) is 6.92 Å². The van der Waals surface area contributed by atoms with E-state index in [1.54, 1.807) is 6.07 Å². The highest BCUT2D eigenvalue weighted by Crippen LogP contribution is 2.20. The molecule has 0 radical (unpaired) electrons. The van der Waals surface area contributed by atoms with Gasteiger partial charge in [0, 0.05) is 10.5 Å². The van der Waals surface area contributed by atoms with Crippen LogP contribution in [0.5, 0.6) is 0 Å². The topological polar surface area (TPSA) is 63.4 Å². The van der Waals surface area contributed by atoms with E-state index in [1.807, 2.05) is 32.9 Å². The van der Waals surface area contributed by atoms with E-state index in [9.17, 15) is 9.59 Å². The molecule has 1 aromatic rings. The Labute approximate surface area is 115 Å². The molecule has 0 atom stereocenters. The van der Waals surface area contributed by atoms with Crippen molar-refractivity contribution in [3.8, 4) is 0 Å². The number of rotatable bonds is 4. The molecule has 18 heavy (non-hydrogen) atoms. The Morgan fingerprint density at radius 1 is 1.39 bits per heavy atom. The zero-order valence-electron chi connectivity index (χ0n) is 10.7. The first kappa shape index (κ1) is 14.7. The number of aryl methyl sites for hydroxylation is 1. The van der Waals surface area contributed by atoms with Gasteiger partial charge in [-0.1, -0.05) is 6.07 Å². The molecule has 0 aromatic heterocycles. The smallest absolute Gasteiger partial charge is 0.255 e. The van der Waals surface area contributed by atoms with E-state index >= 15 is 0 Å². The first-order valence-electron chi connectivity index (χ1n) is 5.68. The van der Waals surface area contributed by atoms with Crippen LogP contribution < -0.4 is 5.73 Å². The molecule has 98 valence electrons. The molecule has 0 unspecified atom stereocenters. The summed E-state index contributed by atoms with van der Waals surface area (Å²) in [6.45, 7) is 5.57. The van der Waals surface area contributed by atoms with Crippen molar-refractivity contribution >= 4 is 27.7 Å². The maximum atomic E-state index is 12.3. The molecule has 4 nitrogen and oxygen atoms in total. The molecule has 2 N–H and O–H groups in total. The van der Waals surface area contributed by atoms with Gasteiger partial charge in [0.2, 0.25) is 5.91 Å². The molecule has 0 aliphatic heterocycles. The third kappa shape index (κ3) is 3.57. The van der Waals surface area contributed by atoms with E-state index in [2.05, 4.69) is 15.9 Å². The molecule has 1 rings (SSSR count). The molecule has 0 saturated carbocycles. The van der Waals surface area contributed by atoms with Crippen LogP contribution in [0.2, 0.25) is 0 Å². The number of primary amides is 1. The van der Waals surface area contributed by atoms with Crippen LogP contribution in [0.15, 0.2) is 22.7 Å². The molecular formula is C13H17BrN2O2. The van der Waals surface area contributed by atoms with Crippen LogP contribution in [-0.2, 0) is 4.79 Å². The van der Waals surface area contributed by atoms with Crippen molar-refractivity contribution in [1.82, 2.24) is 4.90 Å². The summed E-state index contributed by atoms with van der Waals surface area (Å²) in [5, 5.41) is 0. The number of halogens is 1. The SMILES string of the molecule is Cc1ccc(C(=O)N(CC(N)=O)C(C)C)c(Br)c1. The number of carbonyl (C=O) groups excluding carboxylic acids is 2. The summed E-state index contributed by atoms with van der Waals surface area (Å²) in [7, 11) is 0. The summed E-state index contributed by atoms with van der Waals surface area (Å²) >= 11 is 3.37. The van der Waals surface area contributed by atoms with E-state index in [-0.39, 0.29) is 18.5 Å². The van der Waals surface area contributed by atoms with Gasteiger partial charge in [0.25, 0.3) is 5.91 Å². The molecule has 0 aliphatic carbocycles. The summed E-state index contributed by atoms with van der Waals surface area (Å²) in [5.74, 6) is -0.712. The predicted octanol–water partition coefficient (Wildman–Crippen LogP) is 2.09. The van der Waals surface area contributed by atoms with E-state index in [0.29, 0.717) is 5.56 Å². The van der Waals surface area contributed by atoms with Crippen LogP contribution in [0.4, 0.5) is 0 Å². The third-order valence-corrected chi connectivity index (χ3v) is 3.22. The lowest BCUT2D eigenvalue weighted by atomic mass is 10.1. The van der Waals surface area contributed by atoms with Crippen LogP contribution in [0.25, 0.3) is 0 Å². The minimum absolute atomic E-state index is 0.0726. The average molecular weight is 313 g/mol. The zero-order chi connectivity index (χ0) is 13.9. The minimum Gasteiger partial charge on any atom is -0.368 e. The highest BCUT2D eigenvalue weighted by Gasteiger charge is 2.22. The highest BCUT2D eigenvalue weighted by atomic mass is 79.9. The predicted molar refractivity (Wildman–Crippen MR) is 74.2 cm³/mol. The van der Waals surface area contributed by atoms with Gasteiger partial charge < -0.3 is 10.6 Å². The molecule has 0 spiro atoms. The van der Waals surface area contributed by atoms with Gasteiger partial charge in [-0.25, -0.2) is 0 Å². The van der Waals surface area contributed by atoms with Crippen molar-refractivity contribution in [1.29, 1.82) is 0 Å². The fourth-order valence-electron chi connectivity index (χ4n) is 1.61. The second kappa shape index (κ2) is 6.00. The maximum absolute atomic E-state index is 12.3. The number of benzene rings is 1. The standard InChI is InChI=1S/C13H17BrN2O2/c1-8(2)16(7-12(15)17)13(18)10-5-4-9(3)6-11(10)14/h4-6,8H,7H2,1-3H3,(H2,15,17). The lowest BCUT2D eigenvalue weighted by Gasteiger charge is -2.25. The minimum atomic E-state index is -0.514. The van der Waals surface area contributed by atoms with Gasteiger partial charge in [-0.2, -0.15) is 0 Å². The van der Waals surface area contributed by atoms with Crippen molar-refractivity contribution in [2.75, 3.05) is 6.54 Å². The molecule has 2 amide bonds. The van der Waals surface area contributed by atoms with Gasteiger partial charge in [0.15, 0.2) is 0 Å². The Hall–Kier alpha value is -1.36. The second-order valence-electron chi connectivity index (χ2n) is 4.48. The first-order chi connectivity index (χ1) is 8.32. The van der Waals surface area contributed by atoms with Crippen LogP contribution in [-0.4, -0.2) is 29.3 Å². The molecule has 0 saturated heterocycles. The fraction of sp³-hybridized carbons (Fsp3) is 0.385. The van der Waals surface area contributed by atoms with Gasteiger partial charge in [0.05, 0.1) is 12.1 Å². The van der Waals surface area contributed by atoms with Crippen LogP contribution in [0.1, 0.15) is 29.8 Å². The molecule has 0 heterocycles. The van der Waals surface area contributed by atoms with Gasteiger partial charge in [-0.3, -0.25) is 9.59 Å². The van der Waals surface area contributed by atoms with Crippen molar-refractivity contribution in [3.63, 3.8) is 0 Å². The number of hydrogen-bond acceptors (Lipinski definition) is 2. The average Bonchev–Trinajstić information content (AvgIpc) is 2.24. The van der Waals surface area contributed by atoms with Crippen molar-refractivity contribution < 1.29 is 9.59 Å². The summed E-state index contributed by atoms with van der Waals surface area (Å²) in [5.41, 5.74) is 6.76. The monoisotopic (exact) mass is 312 g/mol. The van der Waals surface area contributed by atoms with Crippen LogP contribution in [0.3, 0.4) is 0 Å². The molecule has 0 fully saturated rings. The van der Waals surface area contributed by atoms with E-state index < -0.39 is 5.91 Å². The summed E-state index contributed by atoms with van der Waals surface area (Å²) in [6, 6.07) is 5.40. The Kier molecular flexibility index (Phi) is 4.90. The summed E-state index contributed by atoms with van der Waals surface area (Å²) in [6.07, 6.45) is 0. The molecular weight excluding hydrogens is 296 g/mol. The zero-order valence-corrected chi connectivity index (χ0v) is 12.3. The maximum Gasteiger partial charge on any atom is 0.255 e. The summed E-state index contributed by atoms with van der Waals surface area (Å²) < 4.78 is 0.725. The van der Waals surface area contributed by atoms with Crippen molar-refractivity contribution in [2.45, 2.75) is 26.8 Å². The number of hydrogen-bond donors (Lipinski definition) is 1. The van der Waals surface area contributed by atoms with E-state index in [1.165, 1.54) is 4.90 Å². The molecule has 0 aliphatic rings. The number of nitrogens with zero attached hydrogens (tertiary/aromatic N) is 1. The van der Waals surface area contributed by atoms with Crippen molar-refractivity contribution in [3.05, 3.63) is 33.8 Å².